The standard InChI is InChI=1S/C24H16N2.C12H13N3O2.2ClH.Ru/c1-3-7-17(8-4-1)19-13-15-25-23-21(19)11-12-22-20(14-16-26-24(22)23)18-9-5-2-6-10-18;16-9-7-8(13-1-2-13)12(17)11(15-5-6-15)10(9)14-3-4-14;;;/h1-16H;7H,1-6H2;2*1H;/q;;;;+2/p-2. The Balaban J connectivity index is 0.000000182. The van der Waals surface area contributed by atoms with Gasteiger partial charge in [0.25, 0.3) is 0 Å². The summed E-state index contributed by atoms with van der Waals surface area (Å²) >= 11 is 0. The molecule has 232 valence electrons. The number of Topliss-reactive ketones (excluding diaryl/α,β-unsaturated/α-hetero) is 1. The van der Waals surface area contributed by atoms with Crippen molar-refractivity contribution in [3.05, 3.63) is 120 Å². The molecule has 4 aliphatic rings. The van der Waals surface area contributed by atoms with Crippen LogP contribution in [0.1, 0.15) is 0 Å². The second-order valence-corrected chi connectivity index (χ2v) is 11.2. The third-order valence-electron chi connectivity index (χ3n) is 8.28. The summed E-state index contributed by atoms with van der Waals surface area (Å²) < 4.78 is 0. The molecule has 0 unspecified atom stereocenters. The number of fused-ring (bicyclic) bond motifs is 3. The third-order valence-corrected chi connectivity index (χ3v) is 8.28. The van der Waals surface area contributed by atoms with Gasteiger partial charge in [0.15, 0.2) is 0 Å². The Hall–Kier alpha value is -4.10. The van der Waals surface area contributed by atoms with E-state index in [4.69, 9.17) is 0 Å². The van der Waals surface area contributed by atoms with Gasteiger partial charge in [-0.1, -0.05) is 72.8 Å². The van der Waals surface area contributed by atoms with E-state index in [1.165, 1.54) is 28.3 Å². The second-order valence-electron chi connectivity index (χ2n) is 11.2. The molecule has 1 aliphatic carbocycles. The predicted molar refractivity (Wildman–Crippen MR) is 168 cm³/mol. The first-order chi connectivity index (χ1) is 21.2. The number of rotatable bonds is 5. The van der Waals surface area contributed by atoms with Gasteiger partial charge >= 0.3 is 19.5 Å². The van der Waals surface area contributed by atoms with Crippen molar-refractivity contribution in [2.75, 3.05) is 39.3 Å². The molecule has 0 radical (unpaired) electrons. The molecule has 0 atom stereocenters. The first-order valence-electron chi connectivity index (χ1n) is 14.7. The van der Waals surface area contributed by atoms with Gasteiger partial charge in [-0.25, -0.2) is 0 Å². The summed E-state index contributed by atoms with van der Waals surface area (Å²) in [5.41, 5.74) is 8.53. The quantitative estimate of drug-likeness (QED) is 0.103. The molecule has 3 saturated heterocycles. The van der Waals surface area contributed by atoms with Gasteiger partial charge in [0.1, 0.15) is 11.4 Å². The predicted octanol–water partition coefficient (Wildman–Crippen LogP) is -0.697. The fourth-order valence-corrected chi connectivity index (χ4v) is 5.84. The number of allylic oxidation sites excluding steroid dienone is 1. The molecule has 2 aromatic heterocycles. The van der Waals surface area contributed by atoms with Crippen LogP contribution >= 0.6 is 0 Å². The molecule has 0 N–H and O–H groups in total. The van der Waals surface area contributed by atoms with Crippen molar-refractivity contribution in [3.8, 4) is 22.3 Å². The molecule has 46 heavy (non-hydrogen) atoms. The first-order valence-corrected chi connectivity index (χ1v) is 14.7. The minimum Gasteiger partial charge on any atom is -1.00 e. The molecule has 3 aliphatic heterocycles. The average Bonchev–Trinajstić information content (AvgIpc) is 3.88. The van der Waals surface area contributed by atoms with E-state index in [1.54, 1.807) is 0 Å². The van der Waals surface area contributed by atoms with Crippen molar-refractivity contribution in [2.24, 2.45) is 0 Å². The molecular formula is C36H29Cl2N5O2Ru. The van der Waals surface area contributed by atoms with Crippen LogP contribution in [0, 0.1) is 0 Å². The fourth-order valence-electron chi connectivity index (χ4n) is 5.84. The van der Waals surface area contributed by atoms with Crippen LogP contribution < -0.4 is 24.8 Å². The Kier molecular flexibility index (Phi) is 9.92. The Morgan fingerprint density at radius 3 is 1.39 bits per heavy atom. The molecular weight excluding hydrogens is 706 g/mol. The second kappa shape index (κ2) is 13.7. The minimum atomic E-state index is 0. The Morgan fingerprint density at radius 2 is 0.957 bits per heavy atom. The molecule has 10 heteroatoms. The molecule has 0 bridgehead atoms. The topological polar surface area (TPSA) is 68.9 Å². The number of pyridine rings is 2. The summed E-state index contributed by atoms with van der Waals surface area (Å²) in [4.78, 5) is 39.8. The van der Waals surface area contributed by atoms with Crippen LogP contribution in [-0.4, -0.2) is 75.5 Å². The molecule has 0 saturated carbocycles. The van der Waals surface area contributed by atoms with Gasteiger partial charge in [-0.2, -0.15) is 0 Å². The number of hydrogen-bond acceptors (Lipinski definition) is 7. The van der Waals surface area contributed by atoms with Crippen molar-refractivity contribution in [3.63, 3.8) is 0 Å². The van der Waals surface area contributed by atoms with Crippen molar-refractivity contribution in [2.45, 2.75) is 0 Å². The summed E-state index contributed by atoms with van der Waals surface area (Å²) in [6.45, 7) is 5.41. The van der Waals surface area contributed by atoms with Crippen molar-refractivity contribution >= 4 is 33.4 Å². The summed E-state index contributed by atoms with van der Waals surface area (Å²) in [7, 11) is 0. The molecule has 0 amide bonds. The SMILES string of the molecule is O=C1C=C(N2CC2)C(=O)C(N2CC2)=C1N1CC1.[Cl-].[Cl-].[Ru+2].c1ccc(-c2ccnc3c2ccc2c(-c4ccccc4)ccnc23)cc1. The Morgan fingerprint density at radius 1 is 0.522 bits per heavy atom. The van der Waals surface area contributed by atoms with E-state index in [2.05, 4.69) is 82.8 Å². The number of carbonyl (C=O) groups excluding carboxylic acids is 2. The van der Waals surface area contributed by atoms with E-state index in [9.17, 15) is 9.59 Å². The van der Waals surface area contributed by atoms with Gasteiger partial charge in [-0.15, -0.1) is 0 Å². The fraction of sp³-hybridized carbons (Fsp3) is 0.167. The smallest absolute Gasteiger partial charge is 1.00 e. The van der Waals surface area contributed by atoms with Crippen LogP contribution in [0.5, 0.6) is 0 Å². The average molecular weight is 736 g/mol. The van der Waals surface area contributed by atoms with Crippen LogP contribution in [0.4, 0.5) is 0 Å². The van der Waals surface area contributed by atoms with Crippen LogP contribution in [0.25, 0.3) is 44.1 Å². The van der Waals surface area contributed by atoms with E-state index >= 15 is 0 Å². The summed E-state index contributed by atoms with van der Waals surface area (Å²) in [5, 5.41) is 2.26. The maximum Gasteiger partial charge on any atom is 2.00 e. The maximum absolute atomic E-state index is 12.4. The summed E-state index contributed by atoms with van der Waals surface area (Å²) in [5.74, 6) is 0.0485. The van der Waals surface area contributed by atoms with E-state index < -0.39 is 0 Å². The number of nitrogens with zero attached hydrogens (tertiary/aromatic N) is 5. The van der Waals surface area contributed by atoms with Gasteiger partial charge in [0.2, 0.25) is 11.6 Å². The van der Waals surface area contributed by atoms with Crippen LogP contribution in [0.15, 0.2) is 120 Å². The number of benzene rings is 3. The van der Waals surface area contributed by atoms with Crippen LogP contribution in [-0.2, 0) is 29.1 Å². The van der Waals surface area contributed by atoms with Crippen molar-refractivity contribution < 1.29 is 53.9 Å². The Labute approximate surface area is 292 Å². The zero-order chi connectivity index (χ0) is 28.9. The number of carbonyl (C=O) groups is 2. The Bertz CT molecular complexity index is 1890. The monoisotopic (exact) mass is 735 g/mol. The molecule has 5 aromatic rings. The van der Waals surface area contributed by atoms with Gasteiger partial charge in [0, 0.05) is 68.5 Å². The third kappa shape index (κ3) is 6.30. The minimum absolute atomic E-state index is 0. The van der Waals surface area contributed by atoms with Crippen LogP contribution in [0.3, 0.4) is 0 Å². The van der Waals surface area contributed by atoms with Crippen molar-refractivity contribution in [1.82, 2.24) is 24.7 Å². The van der Waals surface area contributed by atoms with Crippen LogP contribution in [0.2, 0.25) is 0 Å². The summed E-state index contributed by atoms with van der Waals surface area (Å²) in [6, 6.07) is 29.3. The largest absolute Gasteiger partial charge is 2.00 e. The van der Waals surface area contributed by atoms with Gasteiger partial charge in [-0.05, 0) is 34.4 Å². The normalized spacial score (nSPS) is 16.1. The van der Waals surface area contributed by atoms with Gasteiger partial charge < -0.3 is 39.5 Å². The molecule has 7 nitrogen and oxygen atoms in total. The first kappa shape index (κ1) is 33.3. The van der Waals surface area contributed by atoms with Crippen molar-refractivity contribution in [1.29, 1.82) is 0 Å². The number of hydrogen-bond donors (Lipinski definition) is 0. The van der Waals surface area contributed by atoms with Gasteiger partial charge in [-0.3, -0.25) is 19.6 Å². The zero-order valence-electron chi connectivity index (χ0n) is 24.7. The van der Waals surface area contributed by atoms with E-state index in [1.807, 2.05) is 39.2 Å². The number of ketones is 2. The zero-order valence-corrected chi connectivity index (χ0v) is 28.0. The number of halogens is 2. The van der Waals surface area contributed by atoms with E-state index in [0.717, 1.165) is 61.1 Å². The molecule has 0 spiro atoms. The molecule has 5 heterocycles. The molecule has 9 rings (SSSR count). The summed E-state index contributed by atoms with van der Waals surface area (Å²) in [6.07, 6.45) is 5.28. The van der Waals surface area contributed by atoms with Gasteiger partial charge in [0.05, 0.1) is 16.7 Å². The maximum atomic E-state index is 12.4. The molecule has 3 fully saturated rings. The van der Waals surface area contributed by atoms with E-state index in [-0.39, 0.29) is 55.9 Å². The number of aromatic nitrogens is 2. The molecule has 3 aromatic carbocycles. The van der Waals surface area contributed by atoms with E-state index in [0.29, 0.717) is 17.1 Å².